The highest BCUT2D eigenvalue weighted by Gasteiger charge is 2.34. The normalized spacial score (nSPS) is 17.1. The molecule has 0 spiro atoms. The maximum absolute atomic E-state index is 12.9. The van der Waals surface area contributed by atoms with E-state index in [2.05, 4.69) is 15.6 Å². The molecule has 1 unspecified atom stereocenters. The van der Waals surface area contributed by atoms with E-state index in [1.807, 2.05) is 6.92 Å². The average molecular weight is 491 g/mol. The fourth-order valence-corrected chi connectivity index (χ4v) is 6.94. The predicted octanol–water partition coefficient (Wildman–Crippen LogP) is 3.80. The Morgan fingerprint density at radius 2 is 1.91 bits per heavy atom. The first-order valence-electron chi connectivity index (χ1n) is 10.0. The van der Waals surface area contributed by atoms with Crippen LogP contribution in [-0.4, -0.2) is 42.6 Å². The van der Waals surface area contributed by atoms with Gasteiger partial charge < -0.3 is 5.32 Å². The van der Waals surface area contributed by atoms with E-state index in [4.69, 9.17) is 0 Å². The van der Waals surface area contributed by atoms with Crippen LogP contribution in [0.15, 0.2) is 52.2 Å². The molecule has 2 aromatic heterocycles. The number of carbonyl (C=O) groups is 2. The van der Waals surface area contributed by atoms with Crippen LogP contribution in [0.4, 0.5) is 10.8 Å². The Morgan fingerprint density at radius 3 is 2.56 bits per heavy atom. The Morgan fingerprint density at radius 1 is 1.12 bits per heavy atom. The second kappa shape index (κ2) is 9.49. The third-order valence-electron chi connectivity index (χ3n) is 5.13. The molecule has 1 aliphatic rings. The van der Waals surface area contributed by atoms with E-state index >= 15 is 0 Å². The minimum Gasteiger partial charge on any atom is -0.326 e. The number of aryl methyl sites for hydroxylation is 1. The van der Waals surface area contributed by atoms with Crippen LogP contribution in [0, 0.1) is 12.8 Å². The van der Waals surface area contributed by atoms with Gasteiger partial charge in [-0.2, -0.15) is 4.31 Å². The third kappa shape index (κ3) is 5.07. The molecule has 1 aromatic carbocycles. The summed E-state index contributed by atoms with van der Waals surface area (Å²) in [5, 5.41) is 7.83. The molecule has 1 saturated heterocycles. The van der Waals surface area contributed by atoms with Crippen LogP contribution < -0.4 is 10.6 Å². The predicted molar refractivity (Wildman–Crippen MR) is 126 cm³/mol. The fourth-order valence-electron chi connectivity index (χ4n) is 3.46. The highest BCUT2D eigenvalue weighted by Crippen LogP contribution is 2.28. The van der Waals surface area contributed by atoms with E-state index in [0.29, 0.717) is 40.0 Å². The van der Waals surface area contributed by atoms with E-state index in [-0.39, 0.29) is 18.4 Å². The average Bonchev–Trinajstić information content (AvgIpc) is 3.46. The first-order valence-corrected chi connectivity index (χ1v) is 13.1. The summed E-state index contributed by atoms with van der Waals surface area (Å²) in [5.41, 5.74) is 0.994. The highest BCUT2D eigenvalue weighted by atomic mass is 32.2. The monoisotopic (exact) mass is 490 g/mol. The lowest BCUT2D eigenvalue weighted by atomic mass is 9.98. The minimum atomic E-state index is -3.59. The van der Waals surface area contributed by atoms with Crippen molar-refractivity contribution in [1.29, 1.82) is 0 Å². The van der Waals surface area contributed by atoms with Crippen LogP contribution in [0.1, 0.15) is 28.1 Å². The van der Waals surface area contributed by atoms with Crippen molar-refractivity contribution in [3.8, 4) is 0 Å². The van der Waals surface area contributed by atoms with Crippen LogP contribution in [0.25, 0.3) is 0 Å². The summed E-state index contributed by atoms with van der Waals surface area (Å²) in [4.78, 5) is 30.0. The summed E-state index contributed by atoms with van der Waals surface area (Å²) >= 11 is 2.57. The van der Waals surface area contributed by atoms with Crippen molar-refractivity contribution in [3.63, 3.8) is 0 Å². The molecule has 3 aromatic rings. The van der Waals surface area contributed by atoms with Crippen molar-refractivity contribution in [1.82, 2.24) is 9.29 Å². The van der Waals surface area contributed by atoms with Crippen molar-refractivity contribution in [3.05, 3.63) is 58.4 Å². The lowest BCUT2D eigenvalue weighted by molar-refractivity contribution is -0.120. The van der Waals surface area contributed by atoms with Gasteiger partial charge in [-0.25, -0.2) is 13.4 Å². The SMILES string of the molecule is Cc1ccc(S(=O)(=O)N2CCCC(C(=O)Nc3ccc(C(=O)Nc4nccs4)cc3)C2)s1. The molecule has 1 atom stereocenters. The quantitative estimate of drug-likeness (QED) is 0.546. The Balaban J connectivity index is 1.37. The summed E-state index contributed by atoms with van der Waals surface area (Å²) in [6, 6.07) is 9.95. The number of hydrogen-bond donors (Lipinski definition) is 2. The molecule has 3 heterocycles. The molecule has 4 rings (SSSR count). The Labute approximate surface area is 194 Å². The molecule has 8 nitrogen and oxygen atoms in total. The molecule has 0 radical (unpaired) electrons. The molecule has 0 bridgehead atoms. The molecule has 1 aliphatic heterocycles. The van der Waals surface area contributed by atoms with Crippen molar-refractivity contribution >= 4 is 55.3 Å². The molecule has 32 heavy (non-hydrogen) atoms. The van der Waals surface area contributed by atoms with E-state index in [9.17, 15) is 18.0 Å². The van der Waals surface area contributed by atoms with Gasteiger partial charge in [0.1, 0.15) is 4.21 Å². The zero-order chi connectivity index (χ0) is 22.7. The van der Waals surface area contributed by atoms with Gasteiger partial charge in [0.05, 0.1) is 5.92 Å². The Bertz CT molecular complexity index is 1200. The summed E-state index contributed by atoms with van der Waals surface area (Å²) in [6.07, 6.45) is 2.85. The largest absolute Gasteiger partial charge is 0.326 e. The standard InChI is InChI=1S/C21H22N4O4S3/c1-14-4-9-18(31-14)32(28,29)25-11-2-3-16(13-25)20(27)23-17-7-5-15(6-8-17)19(26)24-21-22-10-12-30-21/h4-10,12,16H,2-3,11,13H2,1H3,(H,23,27)(H,22,24,26). The van der Waals surface area contributed by atoms with Gasteiger partial charge in [0.15, 0.2) is 5.13 Å². The lowest BCUT2D eigenvalue weighted by Gasteiger charge is -2.30. The fraction of sp³-hybridized carbons (Fsp3) is 0.286. The maximum Gasteiger partial charge on any atom is 0.257 e. The van der Waals surface area contributed by atoms with Crippen LogP contribution in [0.5, 0.6) is 0 Å². The smallest absolute Gasteiger partial charge is 0.257 e. The summed E-state index contributed by atoms with van der Waals surface area (Å²) in [6.45, 7) is 2.43. The van der Waals surface area contributed by atoms with Gasteiger partial charge >= 0.3 is 0 Å². The van der Waals surface area contributed by atoms with Crippen molar-refractivity contribution in [2.75, 3.05) is 23.7 Å². The van der Waals surface area contributed by atoms with Gasteiger partial charge in [0.25, 0.3) is 15.9 Å². The Hall–Kier alpha value is -2.60. The van der Waals surface area contributed by atoms with E-state index in [1.54, 1.807) is 48.0 Å². The molecule has 0 aliphatic carbocycles. The van der Waals surface area contributed by atoms with Crippen molar-refractivity contribution < 1.29 is 18.0 Å². The number of carbonyl (C=O) groups excluding carboxylic acids is 2. The third-order valence-corrected chi connectivity index (χ3v) is 9.15. The highest BCUT2D eigenvalue weighted by molar-refractivity contribution is 7.91. The number of benzene rings is 1. The molecule has 2 N–H and O–H groups in total. The number of piperidine rings is 1. The number of nitrogens with zero attached hydrogens (tertiary/aromatic N) is 2. The van der Waals surface area contributed by atoms with Gasteiger partial charge in [0.2, 0.25) is 5.91 Å². The summed E-state index contributed by atoms with van der Waals surface area (Å²) in [5.74, 6) is -0.950. The van der Waals surface area contributed by atoms with Crippen LogP contribution in [0.3, 0.4) is 0 Å². The number of rotatable bonds is 6. The molecule has 11 heteroatoms. The number of amides is 2. The molecular formula is C21H22N4O4S3. The number of nitrogens with one attached hydrogen (secondary N) is 2. The van der Waals surface area contributed by atoms with Crippen LogP contribution >= 0.6 is 22.7 Å². The van der Waals surface area contributed by atoms with Crippen molar-refractivity contribution in [2.45, 2.75) is 24.0 Å². The zero-order valence-corrected chi connectivity index (χ0v) is 19.7. The van der Waals surface area contributed by atoms with E-state index < -0.39 is 15.9 Å². The van der Waals surface area contributed by atoms with Crippen LogP contribution in [0.2, 0.25) is 0 Å². The van der Waals surface area contributed by atoms with Gasteiger partial charge in [-0.15, -0.1) is 22.7 Å². The number of sulfonamides is 1. The number of hydrogen-bond acceptors (Lipinski definition) is 7. The Kier molecular flexibility index (Phi) is 6.70. The van der Waals surface area contributed by atoms with Gasteiger partial charge in [-0.3, -0.25) is 14.9 Å². The first-order chi connectivity index (χ1) is 15.3. The second-order valence-electron chi connectivity index (χ2n) is 7.43. The van der Waals surface area contributed by atoms with E-state index in [0.717, 1.165) is 4.88 Å². The zero-order valence-electron chi connectivity index (χ0n) is 17.3. The van der Waals surface area contributed by atoms with Crippen molar-refractivity contribution in [2.24, 2.45) is 5.92 Å². The maximum atomic E-state index is 12.9. The molecular weight excluding hydrogens is 468 g/mol. The number of thiophene rings is 1. The summed E-state index contributed by atoms with van der Waals surface area (Å²) < 4.78 is 27.5. The number of aromatic nitrogens is 1. The van der Waals surface area contributed by atoms with Crippen LogP contribution in [-0.2, 0) is 14.8 Å². The minimum absolute atomic E-state index is 0.152. The summed E-state index contributed by atoms with van der Waals surface area (Å²) in [7, 11) is -3.59. The topological polar surface area (TPSA) is 108 Å². The molecule has 0 saturated carbocycles. The van der Waals surface area contributed by atoms with Gasteiger partial charge in [0, 0.05) is 40.8 Å². The molecule has 168 valence electrons. The number of anilines is 2. The number of thiazole rings is 1. The first kappa shape index (κ1) is 22.6. The van der Waals surface area contributed by atoms with E-state index in [1.165, 1.54) is 27.0 Å². The van der Waals surface area contributed by atoms with Gasteiger partial charge in [-0.05, 0) is 56.2 Å². The molecule has 2 amide bonds. The lowest BCUT2D eigenvalue weighted by Crippen LogP contribution is -2.43. The van der Waals surface area contributed by atoms with Gasteiger partial charge in [-0.1, -0.05) is 0 Å². The molecule has 1 fully saturated rings. The second-order valence-corrected chi connectivity index (χ2v) is 11.8.